The lowest BCUT2D eigenvalue weighted by molar-refractivity contribution is -0.173. The third-order valence-corrected chi connectivity index (χ3v) is 6.77. The summed E-state index contributed by atoms with van der Waals surface area (Å²) in [6.07, 6.45) is 1.43. The smallest absolute Gasteiger partial charge is 0.358 e. The Bertz CT molecular complexity index is 1110. The zero-order valence-electron chi connectivity index (χ0n) is 18.6. The minimum atomic E-state index is -0.988. The molecule has 1 unspecified atom stereocenters. The van der Waals surface area contributed by atoms with E-state index in [2.05, 4.69) is 22.0 Å². The normalized spacial score (nSPS) is 20.3. The number of fused-ring (bicyclic) bond motifs is 1. The molecule has 0 saturated carbocycles. The summed E-state index contributed by atoms with van der Waals surface area (Å²) >= 11 is 2.36. The molecule has 0 bridgehead atoms. The van der Waals surface area contributed by atoms with Gasteiger partial charge in [0.25, 0.3) is 11.8 Å². The third-order valence-electron chi connectivity index (χ3n) is 4.80. The Morgan fingerprint density at radius 3 is 2.68 bits per heavy atom. The molecule has 14 heteroatoms. The fourth-order valence-corrected chi connectivity index (χ4v) is 4.92. The molecule has 3 heterocycles. The van der Waals surface area contributed by atoms with Crippen LogP contribution < -0.4 is 11.1 Å². The summed E-state index contributed by atoms with van der Waals surface area (Å²) in [5.41, 5.74) is 4.86. The van der Waals surface area contributed by atoms with Crippen molar-refractivity contribution in [2.45, 2.75) is 32.2 Å². The zero-order chi connectivity index (χ0) is 25.2. The van der Waals surface area contributed by atoms with E-state index in [1.807, 2.05) is 0 Å². The molecule has 2 amide bonds. The van der Waals surface area contributed by atoms with E-state index in [1.165, 1.54) is 28.1 Å². The molecule has 1 aromatic heterocycles. The van der Waals surface area contributed by atoms with E-state index in [0.717, 1.165) is 11.3 Å². The summed E-state index contributed by atoms with van der Waals surface area (Å²) in [6, 6.07) is -0.988. The number of carbonyl (C=O) groups is 4. The fourth-order valence-electron chi connectivity index (χ4n) is 3.03. The van der Waals surface area contributed by atoms with Crippen molar-refractivity contribution in [1.82, 2.24) is 15.2 Å². The van der Waals surface area contributed by atoms with Gasteiger partial charge < -0.3 is 25.7 Å². The number of nitrogen functional groups attached to an aromatic ring is 1. The molecule has 2 atom stereocenters. The number of nitrogens with two attached hydrogens (primary N) is 1. The second-order valence-corrected chi connectivity index (χ2v) is 10.2. The van der Waals surface area contributed by atoms with E-state index in [1.54, 1.807) is 20.8 Å². The van der Waals surface area contributed by atoms with Crippen LogP contribution in [0.25, 0.3) is 0 Å². The molecule has 34 heavy (non-hydrogen) atoms. The van der Waals surface area contributed by atoms with Crippen molar-refractivity contribution < 1.29 is 33.9 Å². The van der Waals surface area contributed by atoms with Crippen LogP contribution in [0.4, 0.5) is 5.13 Å². The van der Waals surface area contributed by atoms with Gasteiger partial charge >= 0.3 is 11.9 Å². The first-order valence-electron chi connectivity index (χ1n) is 9.88. The standard InChI is InChI=1S/C20H23N5O7S2/c1-5-9-6-33-16-12(23-14(26)11(24-30)10-7-34-19(21)22-10)15(27)25(16)13(9)17(28)31-8-32-18(29)20(2,3)4/h5,7,12,16,30H,1,6,8H2,2-4H3,(H2,21,22)(H,23,26)/t12?,16-/m0/s1. The number of anilines is 1. The van der Waals surface area contributed by atoms with Crippen LogP contribution in [0.5, 0.6) is 0 Å². The van der Waals surface area contributed by atoms with E-state index >= 15 is 0 Å². The Hall–Kier alpha value is -3.39. The van der Waals surface area contributed by atoms with Gasteiger partial charge in [-0.05, 0) is 26.3 Å². The van der Waals surface area contributed by atoms with Crippen molar-refractivity contribution in [1.29, 1.82) is 0 Å². The quantitative estimate of drug-likeness (QED) is 0.119. The summed E-state index contributed by atoms with van der Waals surface area (Å²) in [6.45, 7) is 8.02. The van der Waals surface area contributed by atoms with Crippen LogP contribution in [0.15, 0.2) is 34.5 Å². The monoisotopic (exact) mass is 509 g/mol. The van der Waals surface area contributed by atoms with E-state index in [4.69, 9.17) is 15.2 Å². The van der Waals surface area contributed by atoms with Gasteiger partial charge in [-0.25, -0.2) is 9.78 Å². The molecule has 0 radical (unpaired) electrons. The predicted molar refractivity (Wildman–Crippen MR) is 124 cm³/mol. The highest BCUT2D eigenvalue weighted by Gasteiger charge is 2.54. The topological polar surface area (TPSA) is 174 Å². The third kappa shape index (κ3) is 4.92. The molecule has 4 N–H and O–H groups in total. The molecule has 1 aromatic rings. The van der Waals surface area contributed by atoms with E-state index in [9.17, 15) is 24.4 Å². The Kier molecular flexibility index (Phi) is 7.31. The number of aromatic nitrogens is 1. The number of carbonyl (C=O) groups excluding carboxylic acids is 4. The SMILES string of the molecule is C=CC1=C(C(=O)OCOC(=O)C(C)(C)C)N2C(=O)C(NC(=O)C(=NO)c3csc(N)n3)[C@@H]2SC1. The lowest BCUT2D eigenvalue weighted by Gasteiger charge is -2.49. The Morgan fingerprint density at radius 1 is 1.41 bits per heavy atom. The van der Waals surface area contributed by atoms with E-state index < -0.39 is 53.1 Å². The summed E-state index contributed by atoms with van der Waals surface area (Å²) < 4.78 is 10.0. The number of oxime groups is 1. The summed E-state index contributed by atoms with van der Waals surface area (Å²) in [7, 11) is 0. The molecule has 2 aliphatic heterocycles. The number of β-lactam (4-membered cyclic amide) rings is 1. The van der Waals surface area contributed by atoms with Gasteiger partial charge in [0.05, 0.1) is 5.41 Å². The molecule has 2 aliphatic rings. The van der Waals surface area contributed by atoms with Gasteiger partial charge in [0.15, 0.2) is 10.8 Å². The molecule has 0 spiro atoms. The Labute approximate surface area is 202 Å². The Balaban J connectivity index is 1.69. The highest BCUT2D eigenvalue weighted by atomic mass is 32.2. The second kappa shape index (κ2) is 9.85. The first-order valence-corrected chi connectivity index (χ1v) is 11.8. The summed E-state index contributed by atoms with van der Waals surface area (Å²) in [4.78, 5) is 55.2. The van der Waals surface area contributed by atoms with Crippen LogP contribution in [-0.4, -0.2) is 68.5 Å². The number of hydrogen-bond donors (Lipinski definition) is 3. The van der Waals surface area contributed by atoms with Crippen LogP contribution >= 0.6 is 23.1 Å². The van der Waals surface area contributed by atoms with Gasteiger partial charge in [-0.2, -0.15) is 0 Å². The molecule has 3 rings (SSSR count). The highest BCUT2D eigenvalue weighted by Crippen LogP contribution is 2.41. The van der Waals surface area contributed by atoms with Gasteiger partial charge in [-0.3, -0.25) is 19.3 Å². The summed E-state index contributed by atoms with van der Waals surface area (Å²) in [5.74, 6) is -2.50. The first kappa shape index (κ1) is 25.2. The molecule has 12 nitrogen and oxygen atoms in total. The number of thioether (sulfide) groups is 1. The number of thiazole rings is 1. The molecular formula is C20H23N5O7S2. The number of esters is 2. The van der Waals surface area contributed by atoms with Gasteiger partial charge in [0.2, 0.25) is 6.79 Å². The van der Waals surface area contributed by atoms with Crippen molar-refractivity contribution in [2.75, 3.05) is 18.3 Å². The molecule has 1 saturated heterocycles. The average molecular weight is 510 g/mol. The van der Waals surface area contributed by atoms with Crippen LogP contribution in [-0.2, 0) is 28.7 Å². The number of amides is 2. The van der Waals surface area contributed by atoms with Crippen LogP contribution in [0.3, 0.4) is 0 Å². The first-order chi connectivity index (χ1) is 16.0. The van der Waals surface area contributed by atoms with Gasteiger partial charge in [-0.1, -0.05) is 17.8 Å². The number of hydrogen-bond acceptors (Lipinski definition) is 12. The lowest BCUT2D eigenvalue weighted by atomic mass is 9.98. The number of allylic oxidation sites excluding steroid dienone is 1. The lowest BCUT2D eigenvalue weighted by Crippen LogP contribution is -2.71. The van der Waals surface area contributed by atoms with Gasteiger partial charge in [0, 0.05) is 11.1 Å². The van der Waals surface area contributed by atoms with E-state index in [0.29, 0.717) is 11.3 Å². The van der Waals surface area contributed by atoms with Crippen molar-refractivity contribution in [3.8, 4) is 0 Å². The minimum absolute atomic E-state index is 0.0376. The van der Waals surface area contributed by atoms with Crippen LogP contribution in [0.2, 0.25) is 0 Å². The van der Waals surface area contributed by atoms with Crippen molar-refractivity contribution in [3.05, 3.63) is 35.0 Å². The van der Waals surface area contributed by atoms with Gasteiger partial charge in [-0.15, -0.1) is 23.1 Å². The molecular weight excluding hydrogens is 486 g/mol. The van der Waals surface area contributed by atoms with Crippen LogP contribution in [0, 0.1) is 5.41 Å². The predicted octanol–water partition coefficient (Wildman–Crippen LogP) is 0.834. The maximum atomic E-state index is 12.9. The fraction of sp³-hybridized carbons (Fsp3) is 0.400. The zero-order valence-corrected chi connectivity index (χ0v) is 20.2. The number of nitrogens with zero attached hydrogens (tertiary/aromatic N) is 3. The molecule has 0 aromatic carbocycles. The second-order valence-electron chi connectivity index (χ2n) is 8.19. The Morgan fingerprint density at radius 2 is 2.12 bits per heavy atom. The van der Waals surface area contributed by atoms with Crippen molar-refractivity contribution in [3.63, 3.8) is 0 Å². The van der Waals surface area contributed by atoms with Gasteiger partial charge in [0.1, 0.15) is 22.8 Å². The highest BCUT2D eigenvalue weighted by molar-refractivity contribution is 8.00. The number of rotatable bonds is 7. The van der Waals surface area contributed by atoms with Crippen LogP contribution in [0.1, 0.15) is 26.5 Å². The number of ether oxygens (including phenoxy) is 2. The summed E-state index contributed by atoms with van der Waals surface area (Å²) in [5, 5.41) is 15.7. The molecule has 1 fully saturated rings. The maximum Gasteiger partial charge on any atom is 0.358 e. The number of nitrogens with one attached hydrogen (secondary N) is 1. The van der Waals surface area contributed by atoms with E-state index in [-0.39, 0.29) is 16.5 Å². The minimum Gasteiger partial charge on any atom is -0.427 e. The average Bonchev–Trinajstić information content (AvgIpc) is 3.21. The van der Waals surface area contributed by atoms with Crippen molar-refractivity contribution >= 4 is 57.7 Å². The van der Waals surface area contributed by atoms with Crippen molar-refractivity contribution in [2.24, 2.45) is 10.6 Å². The maximum absolute atomic E-state index is 12.9. The molecule has 182 valence electrons. The molecule has 0 aliphatic carbocycles. The largest absolute Gasteiger partial charge is 0.427 e.